The zero-order chi connectivity index (χ0) is 20.6. The first kappa shape index (κ1) is 21.0. The quantitative estimate of drug-likeness (QED) is 0.676. The van der Waals surface area contributed by atoms with Gasteiger partial charge in [0.25, 0.3) is 5.91 Å². The van der Waals surface area contributed by atoms with Crippen LogP contribution < -0.4 is 15.5 Å². The monoisotopic (exact) mass is 409 g/mol. The van der Waals surface area contributed by atoms with Gasteiger partial charge < -0.3 is 15.5 Å². The van der Waals surface area contributed by atoms with Crippen LogP contribution in [0.3, 0.4) is 0 Å². The number of amides is 2. The van der Waals surface area contributed by atoms with Crippen molar-refractivity contribution in [3.05, 3.63) is 60.2 Å². The molecule has 0 radical (unpaired) electrons. The average Bonchev–Trinajstić information content (AvgIpc) is 3.22. The highest BCUT2D eigenvalue weighted by Gasteiger charge is 2.19. The summed E-state index contributed by atoms with van der Waals surface area (Å²) in [5.74, 6) is 0.384. The fourth-order valence-electron chi connectivity index (χ4n) is 3.72. The number of hydrogen-bond acceptors (Lipinski definition) is 3. The summed E-state index contributed by atoms with van der Waals surface area (Å²) >= 11 is 5.24. The third kappa shape index (κ3) is 5.87. The first-order chi connectivity index (χ1) is 14.1. The number of thiocarbonyl (C=S) groups is 1. The van der Waals surface area contributed by atoms with E-state index < -0.39 is 0 Å². The van der Waals surface area contributed by atoms with Gasteiger partial charge in [-0.1, -0.05) is 31.0 Å². The van der Waals surface area contributed by atoms with Gasteiger partial charge in [-0.2, -0.15) is 0 Å². The Balaban J connectivity index is 1.55. The van der Waals surface area contributed by atoms with Crippen molar-refractivity contribution in [1.29, 1.82) is 0 Å². The normalized spacial score (nSPS) is 13.7. The van der Waals surface area contributed by atoms with Gasteiger partial charge >= 0.3 is 0 Å². The van der Waals surface area contributed by atoms with Crippen LogP contribution in [-0.4, -0.2) is 23.5 Å². The van der Waals surface area contributed by atoms with Crippen molar-refractivity contribution in [1.82, 2.24) is 5.32 Å². The van der Waals surface area contributed by atoms with E-state index in [0.717, 1.165) is 24.2 Å². The van der Waals surface area contributed by atoms with E-state index in [1.807, 2.05) is 37.3 Å². The number of hydrogen-bond donors (Lipinski definition) is 2. The molecule has 152 valence electrons. The molecule has 1 aliphatic carbocycles. The maximum atomic E-state index is 12.8. The van der Waals surface area contributed by atoms with E-state index in [2.05, 4.69) is 10.6 Å². The van der Waals surface area contributed by atoms with E-state index in [0.29, 0.717) is 24.4 Å². The van der Waals surface area contributed by atoms with Crippen LogP contribution in [0.15, 0.2) is 54.6 Å². The SMILES string of the molecule is CCN(C(=O)c1ccc(NC(=S)NC(=O)CC2CCCC2)cc1)c1ccccc1. The van der Waals surface area contributed by atoms with Crippen molar-refractivity contribution in [3.8, 4) is 0 Å². The van der Waals surface area contributed by atoms with E-state index in [-0.39, 0.29) is 16.9 Å². The molecule has 0 saturated heterocycles. The minimum atomic E-state index is -0.0577. The Labute approximate surface area is 177 Å². The van der Waals surface area contributed by atoms with Crippen LogP contribution in [0.2, 0.25) is 0 Å². The summed E-state index contributed by atoms with van der Waals surface area (Å²) in [6.07, 6.45) is 5.21. The molecule has 1 aliphatic rings. The molecule has 5 nitrogen and oxygen atoms in total. The third-order valence-electron chi connectivity index (χ3n) is 5.22. The molecule has 2 amide bonds. The zero-order valence-electron chi connectivity index (χ0n) is 16.7. The minimum absolute atomic E-state index is 0.0392. The summed E-state index contributed by atoms with van der Waals surface area (Å²) in [5, 5.41) is 6.04. The first-order valence-electron chi connectivity index (χ1n) is 10.1. The van der Waals surface area contributed by atoms with E-state index >= 15 is 0 Å². The summed E-state index contributed by atoms with van der Waals surface area (Å²) in [5.41, 5.74) is 2.20. The molecule has 0 aromatic heterocycles. The van der Waals surface area contributed by atoms with Crippen molar-refractivity contribution >= 4 is 40.5 Å². The summed E-state index contributed by atoms with van der Waals surface area (Å²) < 4.78 is 0. The first-order valence-corrected chi connectivity index (χ1v) is 10.6. The molecule has 0 bridgehead atoms. The molecule has 0 aliphatic heterocycles. The van der Waals surface area contributed by atoms with Crippen LogP contribution in [0.1, 0.15) is 49.4 Å². The second kappa shape index (κ2) is 10.2. The molecule has 0 spiro atoms. The molecular weight excluding hydrogens is 382 g/mol. The fraction of sp³-hybridized carbons (Fsp3) is 0.348. The van der Waals surface area contributed by atoms with Gasteiger partial charge in [0, 0.05) is 29.9 Å². The highest BCUT2D eigenvalue weighted by Crippen LogP contribution is 2.27. The highest BCUT2D eigenvalue weighted by atomic mass is 32.1. The number of benzene rings is 2. The largest absolute Gasteiger partial charge is 0.332 e. The lowest BCUT2D eigenvalue weighted by Gasteiger charge is -2.21. The Morgan fingerprint density at radius 1 is 1.03 bits per heavy atom. The lowest BCUT2D eigenvalue weighted by atomic mass is 10.0. The molecule has 2 N–H and O–H groups in total. The summed E-state index contributed by atoms with van der Waals surface area (Å²) in [4.78, 5) is 26.7. The topological polar surface area (TPSA) is 61.4 Å². The molecule has 6 heteroatoms. The van der Waals surface area contributed by atoms with Gasteiger partial charge in [0.05, 0.1) is 0 Å². The average molecular weight is 410 g/mol. The van der Waals surface area contributed by atoms with Crippen LogP contribution in [-0.2, 0) is 4.79 Å². The summed E-state index contributed by atoms with van der Waals surface area (Å²) in [7, 11) is 0. The van der Waals surface area contributed by atoms with Crippen molar-refractivity contribution in [3.63, 3.8) is 0 Å². The minimum Gasteiger partial charge on any atom is -0.332 e. The Hall–Kier alpha value is -2.73. The van der Waals surface area contributed by atoms with Gasteiger partial charge in [0.15, 0.2) is 5.11 Å². The van der Waals surface area contributed by atoms with Gasteiger partial charge in [0.2, 0.25) is 5.91 Å². The number of nitrogens with one attached hydrogen (secondary N) is 2. The number of para-hydroxylation sites is 1. The van der Waals surface area contributed by atoms with E-state index in [1.54, 1.807) is 29.2 Å². The van der Waals surface area contributed by atoms with Gasteiger partial charge in [-0.05, 0) is 74.3 Å². The van der Waals surface area contributed by atoms with Crippen molar-refractivity contribution < 1.29 is 9.59 Å². The van der Waals surface area contributed by atoms with E-state index in [4.69, 9.17) is 12.2 Å². The number of nitrogens with zero attached hydrogens (tertiary/aromatic N) is 1. The van der Waals surface area contributed by atoms with Gasteiger partial charge in [-0.15, -0.1) is 0 Å². The maximum absolute atomic E-state index is 12.8. The van der Waals surface area contributed by atoms with Crippen molar-refractivity contribution in [2.45, 2.75) is 39.0 Å². The molecule has 0 atom stereocenters. The Kier molecular flexibility index (Phi) is 7.36. The maximum Gasteiger partial charge on any atom is 0.258 e. The second-order valence-electron chi connectivity index (χ2n) is 7.32. The molecule has 29 heavy (non-hydrogen) atoms. The van der Waals surface area contributed by atoms with E-state index in [1.165, 1.54) is 12.8 Å². The number of anilines is 2. The molecular formula is C23H27N3O2S. The predicted octanol–water partition coefficient (Wildman–Crippen LogP) is 4.75. The number of rotatable bonds is 6. The molecule has 1 saturated carbocycles. The molecule has 2 aromatic carbocycles. The van der Waals surface area contributed by atoms with E-state index in [9.17, 15) is 9.59 Å². The molecule has 1 fully saturated rings. The van der Waals surface area contributed by atoms with Gasteiger partial charge in [-0.25, -0.2) is 0 Å². The van der Waals surface area contributed by atoms with Crippen LogP contribution >= 0.6 is 12.2 Å². The van der Waals surface area contributed by atoms with Crippen molar-refractivity contribution in [2.24, 2.45) is 5.92 Å². The number of carbonyl (C=O) groups is 2. The Morgan fingerprint density at radius 2 is 1.69 bits per heavy atom. The molecule has 0 unspecified atom stereocenters. The fourth-order valence-corrected chi connectivity index (χ4v) is 3.95. The second-order valence-corrected chi connectivity index (χ2v) is 7.73. The Morgan fingerprint density at radius 3 is 2.31 bits per heavy atom. The van der Waals surface area contributed by atoms with Crippen molar-refractivity contribution in [2.75, 3.05) is 16.8 Å². The molecule has 2 aromatic rings. The standard InChI is InChI=1S/C23H27N3O2S/c1-2-26(20-10-4-3-5-11-20)22(28)18-12-14-19(15-13-18)24-23(29)25-21(27)16-17-8-6-7-9-17/h3-5,10-15,17H,2,6-9,16H2,1H3,(H2,24,25,27,29). The zero-order valence-corrected chi connectivity index (χ0v) is 17.5. The lowest BCUT2D eigenvalue weighted by molar-refractivity contribution is -0.120. The lowest BCUT2D eigenvalue weighted by Crippen LogP contribution is -2.35. The van der Waals surface area contributed by atoms with Crippen LogP contribution in [0.25, 0.3) is 0 Å². The van der Waals surface area contributed by atoms with Crippen LogP contribution in [0.4, 0.5) is 11.4 Å². The predicted molar refractivity (Wildman–Crippen MR) is 121 cm³/mol. The highest BCUT2D eigenvalue weighted by molar-refractivity contribution is 7.80. The van der Waals surface area contributed by atoms with Crippen LogP contribution in [0.5, 0.6) is 0 Å². The third-order valence-corrected chi connectivity index (χ3v) is 5.42. The summed E-state index contributed by atoms with van der Waals surface area (Å²) in [6, 6.07) is 16.7. The molecule has 3 rings (SSSR count). The number of carbonyl (C=O) groups excluding carboxylic acids is 2. The summed E-state index contributed by atoms with van der Waals surface area (Å²) in [6.45, 7) is 2.54. The van der Waals surface area contributed by atoms with Gasteiger partial charge in [-0.3, -0.25) is 9.59 Å². The van der Waals surface area contributed by atoms with Gasteiger partial charge in [0.1, 0.15) is 0 Å². The molecule has 0 heterocycles. The van der Waals surface area contributed by atoms with Crippen LogP contribution in [0, 0.1) is 5.92 Å². The smallest absolute Gasteiger partial charge is 0.258 e. The Bertz CT molecular complexity index is 846.